The van der Waals surface area contributed by atoms with Crippen molar-refractivity contribution in [2.75, 3.05) is 26.8 Å². The van der Waals surface area contributed by atoms with E-state index in [0.717, 1.165) is 25.1 Å². The molecule has 23 heavy (non-hydrogen) atoms. The summed E-state index contributed by atoms with van der Waals surface area (Å²) < 4.78 is 46.6. The zero-order chi connectivity index (χ0) is 17.0. The second-order valence-electron chi connectivity index (χ2n) is 5.91. The lowest BCUT2D eigenvalue weighted by Gasteiger charge is -2.18. The number of methoxy groups -OCH3 is 1. The van der Waals surface area contributed by atoms with Crippen LogP contribution in [0.4, 0.5) is 13.2 Å². The second-order valence-corrected chi connectivity index (χ2v) is 5.91. The van der Waals surface area contributed by atoms with Gasteiger partial charge in [-0.15, -0.1) is 0 Å². The number of halogens is 3. The summed E-state index contributed by atoms with van der Waals surface area (Å²) in [5.74, 6) is 0.640. The molecule has 0 spiro atoms. The van der Waals surface area contributed by atoms with Gasteiger partial charge in [0.25, 0.3) is 0 Å². The molecule has 0 radical (unpaired) electrons. The maximum atomic E-state index is 12.2. The quantitative estimate of drug-likeness (QED) is 0.869. The van der Waals surface area contributed by atoms with Gasteiger partial charge in [0.05, 0.1) is 13.2 Å². The highest BCUT2D eigenvalue weighted by Gasteiger charge is 2.29. The van der Waals surface area contributed by atoms with Gasteiger partial charge in [0.15, 0.2) is 18.1 Å². The largest absolute Gasteiger partial charge is 0.493 e. The summed E-state index contributed by atoms with van der Waals surface area (Å²) in [6.45, 7) is 2.82. The van der Waals surface area contributed by atoms with Crippen LogP contribution in [-0.2, 0) is 6.54 Å². The Labute approximate surface area is 133 Å². The van der Waals surface area contributed by atoms with Gasteiger partial charge in [-0.2, -0.15) is 13.2 Å². The number of ether oxygens (including phenoxy) is 2. The van der Waals surface area contributed by atoms with E-state index >= 15 is 0 Å². The molecule has 0 saturated carbocycles. The molecule has 0 aliphatic carbocycles. The van der Waals surface area contributed by atoms with Gasteiger partial charge in [-0.3, -0.25) is 4.90 Å². The van der Waals surface area contributed by atoms with Gasteiger partial charge >= 0.3 is 6.18 Å². The monoisotopic (exact) mass is 333 g/mol. The summed E-state index contributed by atoms with van der Waals surface area (Å²) in [5.41, 5.74) is 0.937. The zero-order valence-corrected chi connectivity index (χ0v) is 13.3. The summed E-state index contributed by atoms with van der Waals surface area (Å²) >= 11 is 0. The molecule has 0 bridgehead atoms. The molecule has 1 aromatic carbocycles. The molecule has 2 atom stereocenters. The first-order valence-electron chi connectivity index (χ1n) is 7.55. The normalized spacial score (nSPS) is 20.5. The van der Waals surface area contributed by atoms with Crippen molar-refractivity contribution in [2.45, 2.75) is 32.2 Å². The molecule has 7 heteroatoms. The van der Waals surface area contributed by atoms with E-state index in [-0.39, 0.29) is 23.5 Å². The Morgan fingerprint density at radius 2 is 2.09 bits per heavy atom. The van der Waals surface area contributed by atoms with Crippen molar-refractivity contribution in [3.8, 4) is 11.5 Å². The van der Waals surface area contributed by atoms with Crippen molar-refractivity contribution in [2.24, 2.45) is 5.92 Å². The van der Waals surface area contributed by atoms with Gasteiger partial charge in [0, 0.05) is 13.1 Å². The summed E-state index contributed by atoms with van der Waals surface area (Å²) in [5, 5.41) is 9.62. The average Bonchev–Trinajstić information content (AvgIpc) is 2.93. The highest BCUT2D eigenvalue weighted by Crippen LogP contribution is 2.31. The number of alkyl halides is 3. The zero-order valence-electron chi connectivity index (χ0n) is 13.3. The predicted molar refractivity (Wildman–Crippen MR) is 79.6 cm³/mol. The number of nitrogens with zero attached hydrogens (tertiary/aromatic N) is 1. The molecular formula is C16H22F3NO3. The Balaban J connectivity index is 1.99. The van der Waals surface area contributed by atoms with Gasteiger partial charge in [0.1, 0.15) is 0 Å². The highest BCUT2D eigenvalue weighted by atomic mass is 19.4. The predicted octanol–water partition coefficient (Wildman–Crippen LogP) is 2.84. The van der Waals surface area contributed by atoms with E-state index in [0.29, 0.717) is 6.54 Å². The first-order chi connectivity index (χ1) is 10.8. The Hall–Kier alpha value is -1.47. The molecule has 1 heterocycles. The maximum absolute atomic E-state index is 12.2. The Morgan fingerprint density at radius 3 is 2.65 bits per heavy atom. The van der Waals surface area contributed by atoms with E-state index in [1.54, 1.807) is 19.1 Å². The lowest BCUT2D eigenvalue weighted by atomic mass is 10.0. The van der Waals surface area contributed by atoms with Crippen molar-refractivity contribution in [1.29, 1.82) is 0 Å². The minimum atomic E-state index is -4.38. The molecule has 1 fully saturated rings. The van der Waals surface area contributed by atoms with E-state index in [1.807, 2.05) is 0 Å². The molecule has 0 aromatic heterocycles. The number of hydrogen-bond donors (Lipinski definition) is 1. The minimum Gasteiger partial charge on any atom is -0.493 e. The average molecular weight is 333 g/mol. The fourth-order valence-electron chi connectivity index (χ4n) is 2.75. The highest BCUT2D eigenvalue weighted by molar-refractivity contribution is 5.43. The van der Waals surface area contributed by atoms with Crippen LogP contribution in [0.2, 0.25) is 0 Å². The lowest BCUT2D eigenvalue weighted by molar-refractivity contribution is -0.153. The summed E-state index contributed by atoms with van der Waals surface area (Å²) in [7, 11) is 1.40. The van der Waals surface area contributed by atoms with Crippen LogP contribution in [0.5, 0.6) is 11.5 Å². The number of aliphatic hydroxyl groups is 1. The SMILES string of the molecule is COc1cc(CN2CCC(C(C)O)C2)ccc1OCC(F)(F)F. The topological polar surface area (TPSA) is 41.9 Å². The fourth-order valence-corrected chi connectivity index (χ4v) is 2.75. The fraction of sp³-hybridized carbons (Fsp3) is 0.625. The smallest absolute Gasteiger partial charge is 0.422 e. The van der Waals surface area contributed by atoms with Gasteiger partial charge in [-0.1, -0.05) is 6.07 Å². The minimum absolute atomic E-state index is 0.0804. The van der Waals surface area contributed by atoms with Crippen LogP contribution >= 0.6 is 0 Å². The number of hydrogen-bond acceptors (Lipinski definition) is 4. The molecule has 2 rings (SSSR count). The Morgan fingerprint density at radius 1 is 1.35 bits per heavy atom. The number of aliphatic hydroxyl groups excluding tert-OH is 1. The van der Waals surface area contributed by atoms with Crippen LogP contribution in [0.1, 0.15) is 18.9 Å². The van der Waals surface area contributed by atoms with Crippen molar-refractivity contribution >= 4 is 0 Å². The molecule has 1 N–H and O–H groups in total. The third-order valence-electron chi connectivity index (χ3n) is 4.02. The summed E-state index contributed by atoms with van der Waals surface area (Å²) in [6.07, 6.45) is -3.76. The summed E-state index contributed by atoms with van der Waals surface area (Å²) in [4.78, 5) is 2.21. The Bertz CT molecular complexity index is 520. The molecular weight excluding hydrogens is 311 g/mol. The van der Waals surface area contributed by atoms with Gasteiger partial charge < -0.3 is 14.6 Å². The van der Waals surface area contributed by atoms with E-state index in [9.17, 15) is 18.3 Å². The van der Waals surface area contributed by atoms with Crippen LogP contribution in [0.25, 0.3) is 0 Å². The van der Waals surface area contributed by atoms with E-state index in [1.165, 1.54) is 13.2 Å². The molecule has 2 unspecified atom stereocenters. The van der Waals surface area contributed by atoms with E-state index in [2.05, 4.69) is 4.90 Å². The van der Waals surface area contributed by atoms with Crippen LogP contribution < -0.4 is 9.47 Å². The molecule has 4 nitrogen and oxygen atoms in total. The number of rotatable bonds is 6. The second kappa shape index (κ2) is 7.40. The van der Waals surface area contributed by atoms with Gasteiger partial charge in [-0.25, -0.2) is 0 Å². The molecule has 1 aliphatic heterocycles. The van der Waals surface area contributed by atoms with Crippen LogP contribution in [0.15, 0.2) is 18.2 Å². The van der Waals surface area contributed by atoms with Crippen LogP contribution in [0.3, 0.4) is 0 Å². The van der Waals surface area contributed by atoms with Crippen molar-refractivity contribution in [3.63, 3.8) is 0 Å². The first kappa shape index (κ1) is 17.9. The van der Waals surface area contributed by atoms with Crippen molar-refractivity contribution < 1.29 is 27.8 Å². The first-order valence-corrected chi connectivity index (χ1v) is 7.55. The third kappa shape index (κ3) is 5.28. The van der Waals surface area contributed by atoms with Crippen LogP contribution in [-0.4, -0.2) is 49.1 Å². The van der Waals surface area contributed by atoms with E-state index in [4.69, 9.17) is 9.47 Å². The number of likely N-dealkylation sites (tertiary alicyclic amines) is 1. The summed E-state index contributed by atoms with van der Waals surface area (Å²) in [6, 6.07) is 4.94. The Kier molecular flexibility index (Phi) is 5.75. The lowest BCUT2D eigenvalue weighted by Crippen LogP contribution is -2.24. The van der Waals surface area contributed by atoms with Crippen molar-refractivity contribution in [3.05, 3.63) is 23.8 Å². The third-order valence-corrected chi connectivity index (χ3v) is 4.02. The van der Waals surface area contributed by atoms with E-state index < -0.39 is 12.8 Å². The molecule has 1 aliphatic rings. The molecule has 130 valence electrons. The van der Waals surface area contributed by atoms with Gasteiger partial charge in [-0.05, 0) is 43.5 Å². The van der Waals surface area contributed by atoms with Crippen molar-refractivity contribution in [1.82, 2.24) is 4.90 Å². The van der Waals surface area contributed by atoms with Crippen LogP contribution in [0, 0.1) is 5.92 Å². The standard InChI is InChI=1S/C16H22F3NO3/c1-11(21)13-5-6-20(9-13)8-12-3-4-14(15(7-12)22-2)23-10-16(17,18)19/h3-4,7,11,13,21H,5-6,8-10H2,1-2H3. The molecule has 1 saturated heterocycles. The maximum Gasteiger partial charge on any atom is 0.422 e. The number of benzene rings is 1. The molecule has 1 aromatic rings. The van der Waals surface area contributed by atoms with Gasteiger partial charge in [0.2, 0.25) is 0 Å². The molecule has 0 amide bonds.